The van der Waals surface area contributed by atoms with E-state index in [0.717, 1.165) is 0 Å². The topological polar surface area (TPSA) is 75.9 Å². The Morgan fingerprint density at radius 3 is 2.71 bits per heavy atom. The van der Waals surface area contributed by atoms with Gasteiger partial charge in [0.1, 0.15) is 6.67 Å². The maximum absolute atomic E-state index is 11.8. The van der Waals surface area contributed by atoms with Crippen LogP contribution in [0.2, 0.25) is 0 Å². The first kappa shape index (κ1) is 10.2. The minimum absolute atomic E-state index is 0.206. The van der Waals surface area contributed by atoms with Crippen molar-refractivity contribution in [3.63, 3.8) is 0 Å². The summed E-state index contributed by atoms with van der Waals surface area (Å²) < 4.78 is 11.8. The second-order valence-corrected chi connectivity index (χ2v) is 2.55. The Morgan fingerprint density at radius 2 is 2.14 bits per heavy atom. The third-order valence-corrected chi connectivity index (χ3v) is 1.40. The molecule has 0 aliphatic rings. The van der Waals surface area contributed by atoms with E-state index in [4.69, 9.17) is 5.73 Å². The number of nitrogen functional groups attached to an aromatic ring is 1. The predicted molar refractivity (Wildman–Crippen MR) is 53.2 cm³/mol. The van der Waals surface area contributed by atoms with Crippen LogP contribution in [-0.4, -0.2) is 23.2 Å². The molecule has 76 valence electrons. The lowest BCUT2D eigenvalue weighted by atomic mass is 10.5. The van der Waals surface area contributed by atoms with E-state index in [2.05, 4.69) is 27.2 Å². The number of hydrogen-bond acceptors (Lipinski definition) is 5. The van der Waals surface area contributed by atoms with Gasteiger partial charge in [-0.1, -0.05) is 6.58 Å². The highest BCUT2D eigenvalue weighted by atomic mass is 19.1. The normalized spacial score (nSPS) is 9.50. The first-order chi connectivity index (χ1) is 6.72. The van der Waals surface area contributed by atoms with Gasteiger partial charge < -0.3 is 16.4 Å². The van der Waals surface area contributed by atoms with Crippen LogP contribution in [0.25, 0.3) is 0 Å². The molecule has 0 aromatic carbocycles. The van der Waals surface area contributed by atoms with E-state index < -0.39 is 6.67 Å². The Bertz CT molecular complexity index is 297. The van der Waals surface area contributed by atoms with E-state index in [-0.39, 0.29) is 12.5 Å². The highest BCUT2D eigenvalue weighted by Crippen LogP contribution is 2.04. The third-order valence-electron chi connectivity index (χ3n) is 1.40. The Labute approximate surface area is 81.2 Å². The van der Waals surface area contributed by atoms with E-state index in [1.54, 1.807) is 0 Å². The van der Waals surface area contributed by atoms with Gasteiger partial charge in [0, 0.05) is 6.54 Å². The summed E-state index contributed by atoms with van der Waals surface area (Å²) in [6, 6.07) is 0. The van der Waals surface area contributed by atoms with Crippen molar-refractivity contribution < 1.29 is 4.39 Å². The van der Waals surface area contributed by atoms with Crippen LogP contribution < -0.4 is 16.4 Å². The molecule has 0 atom stereocenters. The third kappa shape index (κ3) is 3.26. The minimum atomic E-state index is -0.445. The van der Waals surface area contributed by atoms with Crippen molar-refractivity contribution in [2.75, 3.05) is 24.3 Å². The summed E-state index contributed by atoms with van der Waals surface area (Å²) in [5.41, 5.74) is 5.95. The van der Waals surface area contributed by atoms with Gasteiger partial charge in [0.2, 0.25) is 5.95 Å². The Kier molecular flexibility index (Phi) is 3.66. The fourth-order valence-corrected chi connectivity index (χ4v) is 0.819. The molecule has 4 N–H and O–H groups in total. The number of alkyl halides is 1. The van der Waals surface area contributed by atoms with E-state index >= 15 is 0 Å². The largest absolute Gasteiger partial charge is 0.369 e. The molecule has 1 aromatic rings. The molecule has 0 spiro atoms. The summed E-state index contributed by atoms with van der Waals surface area (Å²) in [4.78, 5) is 7.55. The van der Waals surface area contributed by atoms with Crippen molar-refractivity contribution in [2.24, 2.45) is 0 Å². The number of hydrogen-bond donors (Lipinski definition) is 3. The fourth-order valence-electron chi connectivity index (χ4n) is 0.819. The number of rotatable bonds is 5. The molecule has 0 bridgehead atoms. The van der Waals surface area contributed by atoms with Crippen molar-refractivity contribution >= 4 is 11.6 Å². The summed E-state index contributed by atoms with van der Waals surface area (Å²) in [7, 11) is 0. The monoisotopic (exact) mass is 197 g/mol. The fraction of sp³-hybridized carbons (Fsp3) is 0.250. The van der Waals surface area contributed by atoms with Gasteiger partial charge in [0.15, 0.2) is 0 Å². The number of nitrogens with zero attached hydrogens (tertiary/aromatic N) is 2. The first-order valence-corrected chi connectivity index (χ1v) is 4.05. The molecule has 5 nitrogen and oxygen atoms in total. The van der Waals surface area contributed by atoms with Crippen LogP contribution in [0.3, 0.4) is 0 Å². The van der Waals surface area contributed by atoms with E-state index in [1.165, 1.54) is 12.4 Å². The Balaban J connectivity index is 2.44. The zero-order valence-corrected chi connectivity index (χ0v) is 7.63. The summed E-state index contributed by atoms with van der Waals surface area (Å²) in [5.74, 6) is 0.703. The zero-order valence-electron chi connectivity index (χ0n) is 7.63. The van der Waals surface area contributed by atoms with Crippen LogP contribution >= 0.6 is 0 Å². The lowest BCUT2D eigenvalue weighted by Gasteiger charge is -2.09. The van der Waals surface area contributed by atoms with Gasteiger partial charge >= 0.3 is 0 Å². The second-order valence-electron chi connectivity index (χ2n) is 2.55. The smallest absolute Gasteiger partial charge is 0.220 e. The van der Waals surface area contributed by atoms with Gasteiger partial charge in [-0.15, -0.1) is 0 Å². The molecule has 0 saturated heterocycles. The Hall–Kier alpha value is -1.85. The van der Waals surface area contributed by atoms with E-state index in [9.17, 15) is 4.39 Å². The molecule has 1 rings (SSSR count). The number of aromatic nitrogens is 2. The van der Waals surface area contributed by atoms with Gasteiger partial charge in [0.25, 0.3) is 0 Å². The highest BCUT2D eigenvalue weighted by Gasteiger charge is 1.95. The van der Waals surface area contributed by atoms with Crippen LogP contribution in [-0.2, 0) is 0 Å². The van der Waals surface area contributed by atoms with Gasteiger partial charge in [-0.2, -0.15) is 0 Å². The molecule has 0 amide bonds. The average Bonchev–Trinajstić information content (AvgIpc) is 2.18. The first-order valence-electron chi connectivity index (χ1n) is 4.05. The molecule has 0 saturated carbocycles. The molecule has 0 aliphatic carbocycles. The molecule has 1 aromatic heterocycles. The van der Waals surface area contributed by atoms with Crippen LogP contribution in [0, 0.1) is 0 Å². The number of anilines is 2. The van der Waals surface area contributed by atoms with Crippen molar-refractivity contribution in [1.29, 1.82) is 0 Å². The van der Waals surface area contributed by atoms with Gasteiger partial charge in [-0.05, 0) is 0 Å². The molecular weight excluding hydrogens is 185 g/mol. The van der Waals surface area contributed by atoms with Crippen LogP contribution in [0.15, 0.2) is 24.8 Å². The summed E-state index contributed by atoms with van der Waals surface area (Å²) in [6.45, 7) is 3.41. The van der Waals surface area contributed by atoms with Gasteiger partial charge in [-0.3, -0.25) is 0 Å². The molecular formula is C8H12FN5. The molecule has 0 unspecified atom stereocenters. The van der Waals surface area contributed by atoms with E-state index in [0.29, 0.717) is 11.5 Å². The minimum Gasteiger partial charge on any atom is -0.369 e. The lowest BCUT2D eigenvalue weighted by molar-refractivity contribution is 0.483. The predicted octanol–water partition coefficient (Wildman–Crippen LogP) is 0.501. The summed E-state index contributed by atoms with van der Waals surface area (Å²) in [5, 5.41) is 5.58. The highest BCUT2D eigenvalue weighted by molar-refractivity contribution is 5.44. The molecule has 0 fully saturated rings. The average molecular weight is 197 g/mol. The van der Waals surface area contributed by atoms with Crippen molar-refractivity contribution in [1.82, 2.24) is 15.3 Å². The van der Waals surface area contributed by atoms with Crippen molar-refractivity contribution in [3.05, 3.63) is 24.8 Å². The lowest BCUT2D eigenvalue weighted by Crippen LogP contribution is -2.20. The maximum Gasteiger partial charge on any atom is 0.220 e. The second kappa shape index (κ2) is 5.00. The molecule has 14 heavy (non-hydrogen) atoms. The molecule has 1 heterocycles. The van der Waals surface area contributed by atoms with Gasteiger partial charge in [-0.25, -0.2) is 14.4 Å². The molecule has 0 aliphatic heterocycles. The van der Waals surface area contributed by atoms with Crippen molar-refractivity contribution in [3.8, 4) is 0 Å². The van der Waals surface area contributed by atoms with Gasteiger partial charge in [0.05, 0.1) is 23.9 Å². The van der Waals surface area contributed by atoms with Crippen molar-refractivity contribution in [2.45, 2.75) is 0 Å². The zero-order chi connectivity index (χ0) is 10.4. The SMILES string of the molecule is C=C(NCCF)Nc1cnc(N)nc1. The van der Waals surface area contributed by atoms with E-state index in [1.807, 2.05) is 0 Å². The summed E-state index contributed by atoms with van der Waals surface area (Å²) >= 11 is 0. The van der Waals surface area contributed by atoms with Crippen LogP contribution in [0.4, 0.5) is 16.0 Å². The molecule has 6 heteroatoms. The summed E-state index contributed by atoms with van der Waals surface area (Å²) in [6.07, 6.45) is 3.04. The quantitative estimate of drug-likeness (QED) is 0.641. The van der Waals surface area contributed by atoms with Crippen LogP contribution in [0.1, 0.15) is 0 Å². The van der Waals surface area contributed by atoms with Crippen LogP contribution in [0.5, 0.6) is 0 Å². The number of halogens is 1. The number of nitrogens with one attached hydrogen (secondary N) is 2. The standard InChI is InChI=1S/C8H12FN5/c1-6(11-3-2-9)14-7-4-12-8(10)13-5-7/h4-5,11,14H,1-3H2,(H2,10,12,13). The maximum atomic E-state index is 11.8. The molecule has 0 radical (unpaired) electrons. The Morgan fingerprint density at radius 1 is 1.50 bits per heavy atom. The number of nitrogens with two attached hydrogens (primary N) is 1.